The van der Waals surface area contributed by atoms with Gasteiger partial charge in [-0.25, -0.2) is 0 Å². The monoisotopic (exact) mass is 311 g/mol. The summed E-state index contributed by atoms with van der Waals surface area (Å²) in [6.07, 6.45) is 4.42. The zero-order valence-corrected chi connectivity index (χ0v) is 13.7. The largest absolute Gasteiger partial charge is 0.395 e. The first-order valence-electron chi connectivity index (χ1n) is 8.22. The molecule has 2 rings (SSSR count). The van der Waals surface area contributed by atoms with Crippen LogP contribution in [0.2, 0.25) is 0 Å². The Morgan fingerprint density at radius 3 is 1.91 bits per heavy atom. The zero-order valence-electron chi connectivity index (χ0n) is 13.7. The number of anilines is 1. The van der Waals surface area contributed by atoms with Crippen molar-refractivity contribution in [1.82, 2.24) is 0 Å². The van der Waals surface area contributed by atoms with Gasteiger partial charge in [0.1, 0.15) is 0 Å². The number of hydrogen-bond donors (Lipinski definition) is 2. The van der Waals surface area contributed by atoms with Gasteiger partial charge in [0.05, 0.1) is 6.61 Å². The van der Waals surface area contributed by atoms with Gasteiger partial charge in [0.15, 0.2) is 5.78 Å². The van der Waals surface area contributed by atoms with Crippen molar-refractivity contribution in [2.24, 2.45) is 0 Å². The van der Waals surface area contributed by atoms with Crippen LogP contribution in [0.1, 0.15) is 41.3 Å². The summed E-state index contributed by atoms with van der Waals surface area (Å²) < 4.78 is 0. The van der Waals surface area contributed by atoms with Crippen molar-refractivity contribution in [1.29, 1.82) is 0 Å². The Morgan fingerprint density at radius 2 is 1.43 bits per heavy atom. The standard InChI is InChI=1S/C20H25NO2/c1-16(23)19-10-6-17(7-11-19)4-2-3-5-18-8-12-20(13-9-18)21-14-15-22/h6-13,21-22H,2-5,14-15H2,1H3. The third-order valence-corrected chi connectivity index (χ3v) is 3.94. The number of nitrogens with one attached hydrogen (secondary N) is 1. The molecule has 3 nitrogen and oxygen atoms in total. The Hall–Kier alpha value is -2.13. The Bertz CT molecular complexity index is 603. The maximum Gasteiger partial charge on any atom is 0.159 e. The second-order valence-corrected chi connectivity index (χ2v) is 5.81. The lowest BCUT2D eigenvalue weighted by atomic mass is 10.0. The van der Waals surface area contributed by atoms with Crippen LogP contribution in [0.25, 0.3) is 0 Å². The Morgan fingerprint density at radius 1 is 0.913 bits per heavy atom. The molecule has 0 fully saturated rings. The molecule has 2 aromatic rings. The van der Waals surface area contributed by atoms with Gasteiger partial charge < -0.3 is 10.4 Å². The van der Waals surface area contributed by atoms with E-state index < -0.39 is 0 Å². The van der Waals surface area contributed by atoms with Gasteiger partial charge in [0, 0.05) is 17.8 Å². The molecule has 0 aliphatic heterocycles. The van der Waals surface area contributed by atoms with Crippen molar-refractivity contribution in [2.45, 2.75) is 32.6 Å². The number of unbranched alkanes of at least 4 members (excludes halogenated alkanes) is 1. The molecular weight excluding hydrogens is 286 g/mol. The lowest BCUT2D eigenvalue weighted by molar-refractivity contribution is 0.101. The van der Waals surface area contributed by atoms with Gasteiger partial charge in [0.2, 0.25) is 0 Å². The topological polar surface area (TPSA) is 49.3 Å². The fraction of sp³-hybridized carbons (Fsp3) is 0.350. The van der Waals surface area contributed by atoms with E-state index in [0.29, 0.717) is 6.54 Å². The molecule has 0 bridgehead atoms. The van der Waals surface area contributed by atoms with Gasteiger partial charge in [-0.2, -0.15) is 0 Å². The van der Waals surface area contributed by atoms with Gasteiger partial charge in [-0.05, 0) is 55.9 Å². The Kier molecular flexibility index (Phi) is 6.82. The van der Waals surface area contributed by atoms with Crippen LogP contribution in [0, 0.1) is 0 Å². The highest BCUT2D eigenvalue weighted by Gasteiger charge is 2.00. The Labute approximate surface area is 138 Å². The number of carbonyl (C=O) groups is 1. The summed E-state index contributed by atoms with van der Waals surface area (Å²) >= 11 is 0. The second-order valence-electron chi connectivity index (χ2n) is 5.81. The van der Waals surface area contributed by atoms with E-state index in [9.17, 15) is 4.79 Å². The summed E-state index contributed by atoms with van der Waals surface area (Å²) in [6.45, 7) is 2.33. The summed E-state index contributed by atoms with van der Waals surface area (Å²) in [5.74, 6) is 0.119. The van der Waals surface area contributed by atoms with Crippen LogP contribution in [0.3, 0.4) is 0 Å². The number of aryl methyl sites for hydroxylation is 2. The minimum atomic E-state index is 0.119. The van der Waals surface area contributed by atoms with Crippen LogP contribution in [0.15, 0.2) is 48.5 Å². The number of benzene rings is 2. The molecule has 2 aromatic carbocycles. The SMILES string of the molecule is CC(=O)c1ccc(CCCCc2ccc(NCCO)cc2)cc1. The van der Waals surface area contributed by atoms with E-state index in [0.717, 1.165) is 36.9 Å². The average Bonchev–Trinajstić information content (AvgIpc) is 2.58. The predicted octanol–water partition coefficient (Wildman–Crippen LogP) is 3.86. The molecule has 0 aliphatic carbocycles. The normalized spacial score (nSPS) is 10.5. The Balaban J connectivity index is 1.71. The van der Waals surface area contributed by atoms with Gasteiger partial charge in [-0.3, -0.25) is 4.79 Å². The van der Waals surface area contributed by atoms with Crippen molar-refractivity contribution < 1.29 is 9.90 Å². The molecule has 0 amide bonds. The first kappa shape index (κ1) is 17.2. The van der Waals surface area contributed by atoms with E-state index in [1.54, 1.807) is 6.92 Å². The third kappa shape index (κ3) is 5.87. The molecule has 0 radical (unpaired) electrons. The zero-order chi connectivity index (χ0) is 16.5. The van der Waals surface area contributed by atoms with E-state index in [4.69, 9.17) is 5.11 Å². The van der Waals surface area contributed by atoms with Crippen LogP contribution in [-0.4, -0.2) is 24.0 Å². The molecule has 0 spiro atoms. The van der Waals surface area contributed by atoms with E-state index in [1.807, 2.05) is 12.1 Å². The molecule has 0 unspecified atom stereocenters. The molecule has 0 aliphatic rings. The van der Waals surface area contributed by atoms with Crippen molar-refractivity contribution in [3.05, 3.63) is 65.2 Å². The van der Waals surface area contributed by atoms with Crippen LogP contribution in [0.4, 0.5) is 5.69 Å². The molecule has 0 atom stereocenters. The number of aliphatic hydroxyl groups excluding tert-OH is 1. The summed E-state index contributed by atoms with van der Waals surface area (Å²) in [7, 11) is 0. The maximum atomic E-state index is 11.2. The summed E-state index contributed by atoms with van der Waals surface area (Å²) in [4.78, 5) is 11.2. The summed E-state index contributed by atoms with van der Waals surface area (Å²) in [5, 5.41) is 11.9. The van der Waals surface area contributed by atoms with Crippen LogP contribution >= 0.6 is 0 Å². The summed E-state index contributed by atoms with van der Waals surface area (Å²) in [5.41, 5.74) is 4.46. The second kappa shape index (κ2) is 9.11. The quantitative estimate of drug-likeness (QED) is 0.546. The van der Waals surface area contributed by atoms with Gasteiger partial charge in [0.25, 0.3) is 0 Å². The fourth-order valence-corrected chi connectivity index (χ4v) is 2.55. The van der Waals surface area contributed by atoms with Gasteiger partial charge in [-0.1, -0.05) is 36.4 Å². The summed E-state index contributed by atoms with van der Waals surface area (Å²) in [6, 6.07) is 16.3. The van der Waals surface area contributed by atoms with E-state index in [2.05, 4.69) is 41.7 Å². The molecule has 0 aromatic heterocycles. The molecule has 0 saturated heterocycles. The van der Waals surface area contributed by atoms with Gasteiger partial charge in [-0.15, -0.1) is 0 Å². The number of aliphatic hydroxyl groups is 1. The first-order chi connectivity index (χ1) is 11.2. The van der Waals surface area contributed by atoms with E-state index >= 15 is 0 Å². The minimum absolute atomic E-state index is 0.119. The molecule has 3 heteroatoms. The van der Waals surface area contributed by atoms with Gasteiger partial charge >= 0.3 is 0 Å². The lowest BCUT2D eigenvalue weighted by Crippen LogP contribution is -2.05. The van der Waals surface area contributed by atoms with E-state index in [-0.39, 0.29) is 12.4 Å². The molecule has 23 heavy (non-hydrogen) atoms. The highest BCUT2D eigenvalue weighted by molar-refractivity contribution is 5.93. The number of hydrogen-bond acceptors (Lipinski definition) is 3. The average molecular weight is 311 g/mol. The number of rotatable bonds is 9. The molecule has 0 heterocycles. The van der Waals surface area contributed by atoms with Crippen LogP contribution < -0.4 is 5.32 Å². The first-order valence-corrected chi connectivity index (χ1v) is 8.22. The van der Waals surface area contributed by atoms with Crippen molar-refractivity contribution in [2.75, 3.05) is 18.5 Å². The van der Waals surface area contributed by atoms with Crippen LogP contribution in [-0.2, 0) is 12.8 Å². The molecular formula is C20H25NO2. The molecule has 0 saturated carbocycles. The highest BCUT2D eigenvalue weighted by Crippen LogP contribution is 2.13. The third-order valence-electron chi connectivity index (χ3n) is 3.94. The van der Waals surface area contributed by atoms with Crippen molar-refractivity contribution >= 4 is 11.5 Å². The lowest BCUT2D eigenvalue weighted by Gasteiger charge is -2.06. The number of Topliss-reactive ketones (excluding diaryl/α,β-unsaturated/α-hetero) is 1. The number of ketones is 1. The van der Waals surface area contributed by atoms with E-state index in [1.165, 1.54) is 11.1 Å². The van der Waals surface area contributed by atoms with Crippen molar-refractivity contribution in [3.63, 3.8) is 0 Å². The maximum absolute atomic E-state index is 11.2. The number of carbonyl (C=O) groups excluding carboxylic acids is 1. The van der Waals surface area contributed by atoms with Crippen molar-refractivity contribution in [3.8, 4) is 0 Å². The minimum Gasteiger partial charge on any atom is -0.395 e. The smallest absolute Gasteiger partial charge is 0.159 e. The van der Waals surface area contributed by atoms with Crippen LogP contribution in [0.5, 0.6) is 0 Å². The predicted molar refractivity (Wildman–Crippen MR) is 95.1 cm³/mol. The highest BCUT2D eigenvalue weighted by atomic mass is 16.3. The fourth-order valence-electron chi connectivity index (χ4n) is 2.55. The molecule has 2 N–H and O–H groups in total. The molecule has 122 valence electrons.